The van der Waals surface area contributed by atoms with Gasteiger partial charge in [-0.25, -0.2) is 4.98 Å². The second-order valence-electron chi connectivity index (χ2n) is 5.16. The molecule has 3 aromatic rings. The van der Waals surface area contributed by atoms with Crippen molar-refractivity contribution in [1.82, 2.24) is 4.98 Å². The monoisotopic (exact) mass is 327 g/mol. The summed E-state index contributed by atoms with van der Waals surface area (Å²) in [6.07, 6.45) is 1.58. The number of anilines is 1. The van der Waals surface area contributed by atoms with Gasteiger partial charge in [0.1, 0.15) is 11.6 Å². The highest BCUT2D eigenvalue weighted by Gasteiger charge is 2.03. The van der Waals surface area contributed by atoms with Crippen LogP contribution < -0.4 is 10.2 Å². The molecular formula is C18H15F2N3O. The topological polar surface area (TPSA) is 46.5 Å². The van der Waals surface area contributed by atoms with Crippen molar-refractivity contribution in [3.63, 3.8) is 0 Å². The Bertz CT molecular complexity index is 864. The molecule has 1 N–H and O–H groups in total. The molecule has 0 bridgehead atoms. The van der Waals surface area contributed by atoms with E-state index in [2.05, 4.69) is 20.2 Å². The number of aryl methyl sites for hydroxylation is 1. The number of nitrogens with zero attached hydrogens (tertiary/aromatic N) is 2. The molecule has 6 heteroatoms. The molecule has 24 heavy (non-hydrogen) atoms. The number of aromatic nitrogens is 1. The third-order valence-corrected chi connectivity index (χ3v) is 3.42. The van der Waals surface area contributed by atoms with Crippen molar-refractivity contribution in [1.29, 1.82) is 0 Å². The lowest BCUT2D eigenvalue weighted by Crippen LogP contribution is -2.01. The molecule has 0 atom stereocenters. The summed E-state index contributed by atoms with van der Waals surface area (Å²) in [4.78, 5) is 4.49. The van der Waals surface area contributed by atoms with E-state index in [1.165, 1.54) is 12.1 Å². The maximum Gasteiger partial charge on any atom is 0.387 e. The fraction of sp³-hybridized carbons (Fsp3) is 0.111. The Morgan fingerprint density at radius 1 is 1.12 bits per heavy atom. The zero-order valence-corrected chi connectivity index (χ0v) is 12.9. The second kappa shape index (κ2) is 7.04. The van der Waals surface area contributed by atoms with E-state index in [0.717, 1.165) is 22.0 Å². The van der Waals surface area contributed by atoms with E-state index in [1.807, 2.05) is 37.3 Å². The summed E-state index contributed by atoms with van der Waals surface area (Å²) in [5.74, 6) is 0.752. The smallest absolute Gasteiger partial charge is 0.387 e. The molecule has 0 aliphatic carbocycles. The highest BCUT2D eigenvalue weighted by atomic mass is 19.3. The van der Waals surface area contributed by atoms with Gasteiger partial charge >= 0.3 is 6.61 Å². The van der Waals surface area contributed by atoms with Gasteiger partial charge in [-0.3, -0.25) is 5.43 Å². The van der Waals surface area contributed by atoms with Gasteiger partial charge in [0.2, 0.25) is 0 Å². The van der Waals surface area contributed by atoms with E-state index in [9.17, 15) is 8.78 Å². The highest BCUT2D eigenvalue weighted by molar-refractivity contribution is 5.84. The second-order valence-corrected chi connectivity index (χ2v) is 5.16. The lowest BCUT2D eigenvalue weighted by atomic mass is 10.1. The molecule has 0 aliphatic heterocycles. The van der Waals surface area contributed by atoms with Crippen molar-refractivity contribution in [2.45, 2.75) is 13.5 Å². The summed E-state index contributed by atoms with van der Waals surface area (Å²) >= 11 is 0. The fourth-order valence-electron chi connectivity index (χ4n) is 2.32. The summed E-state index contributed by atoms with van der Waals surface area (Å²) in [5, 5.41) is 5.22. The Morgan fingerprint density at radius 2 is 1.88 bits per heavy atom. The zero-order chi connectivity index (χ0) is 16.9. The van der Waals surface area contributed by atoms with Crippen LogP contribution in [0.1, 0.15) is 11.1 Å². The molecule has 0 saturated heterocycles. The number of alkyl halides is 2. The number of halogens is 2. The summed E-state index contributed by atoms with van der Waals surface area (Å²) < 4.78 is 28.5. The van der Waals surface area contributed by atoms with Crippen LogP contribution in [0.5, 0.6) is 5.75 Å². The van der Waals surface area contributed by atoms with Gasteiger partial charge in [-0.1, -0.05) is 18.2 Å². The standard InChI is InChI=1S/C18H15F2N3O/c1-12-10-17(22-16-5-3-2-4-15(12)16)23-21-11-13-6-8-14(9-7-13)24-18(19)20/h2-11,18H,1H3,(H,22,23)/b21-11+. The molecule has 0 fully saturated rings. The predicted molar refractivity (Wildman–Crippen MR) is 90.8 cm³/mol. The highest BCUT2D eigenvalue weighted by Crippen LogP contribution is 2.19. The SMILES string of the molecule is Cc1cc(N/N=C/c2ccc(OC(F)F)cc2)nc2ccccc12. The number of ether oxygens (including phenoxy) is 1. The molecule has 0 saturated carbocycles. The summed E-state index contributed by atoms with van der Waals surface area (Å²) in [6.45, 7) is -0.811. The molecule has 3 rings (SSSR count). The average molecular weight is 327 g/mol. The van der Waals surface area contributed by atoms with Crippen LogP contribution in [0.3, 0.4) is 0 Å². The van der Waals surface area contributed by atoms with Crippen LogP contribution in [-0.2, 0) is 0 Å². The van der Waals surface area contributed by atoms with Crippen molar-refractivity contribution < 1.29 is 13.5 Å². The molecule has 4 nitrogen and oxygen atoms in total. The van der Waals surface area contributed by atoms with E-state index in [1.54, 1.807) is 18.3 Å². The first-order chi connectivity index (χ1) is 11.6. The van der Waals surface area contributed by atoms with Crippen LogP contribution in [0.15, 0.2) is 59.7 Å². The predicted octanol–water partition coefficient (Wildman–Crippen LogP) is 4.59. The van der Waals surface area contributed by atoms with Gasteiger partial charge < -0.3 is 4.74 Å². The van der Waals surface area contributed by atoms with E-state index >= 15 is 0 Å². The van der Waals surface area contributed by atoms with Gasteiger partial charge in [0.15, 0.2) is 0 Å². The van der Waals surface area contributed by atoms with Crippen LogP contribution in [0.2, 0.25) is 0 Å². The zero-order valence-electron chi connectivity index (χ0n) is 12.9. The maximum absolute atomic E-state index is 12.1. The third kappa shape index (κ3) is 3.84. The largest absolute Gasteiger partial charge is 0.435 e. The minimum absolute atomic E-state index is 0.113. The molecule has 1 heterocycles. The number of benzene rings is 2. The number of rotatable bonds is 5. The number of para-hydroxylation sites is 1. The van der Waals surface area contributed by atoms with Crippen LogP contribution in [-0.4, -0.2) is 17.8 Å². The van der Waals surface area contributed by atoms with Crippen molar-refractivity contribution in [2.75, 3.05) is 5.43 Å². The Labute approximate surface area is 137 Å². The lowest BCUT2D eigenvalue weighted by Gasteiger charge is -2.05. The summed E-state index contributed by atoms with van der Waals surface area (Å²) in [5.41, 5.74) is 5.63. The maximum atomic E-state index is 12.1. The van der Waals surface area contributed by atoms with Gasteiger partial charge in [-0.2, -0.15) is 13.9 Å². The van der Waals surface area contributed by atoms with Crippen LogP contribution in [0.25, 0.3) is 10.9 Å². The fourth-order valence-corrected chi connectivity index (χ4v) is 2.32. The van der Waals surface area contributed by atoms with E-state index in [-0.39, 0.29) is 5.75 Å². The van der Waals surface area contributed by atoms with Crippen LogP contribution >= 0.6 is 0 Å². The molecule has 0 radical (unpaired) electrons. The first-order valence-corrected chi connectivity index (χ1v) is 7.32. The Hall–Kier alpha value is -3.02. The van der Waals surface area contributed by atoms with Gasteiger partial charge in [0, 0.05) is 5.39 Å². The minimum Gasteiger partial charge on any atom is -0.435 e. The van der Waals surface area contributed by atoms with Gasteiger partial charge in [-0.15, -0.1) is 0 Å². The molecule has 0 spiro atoms. The van der Waals surface area contributed by atoms with E-state index in [4.69, 9.17) is 0 Å². The van der Waals surface area contributed by atoms with Crippen molar-refractivity contribution in [3.05, 3.63) is 65.7 Å². The first kappa shape index (κ1) is 15.9. The van der Waals surface area contributed by atoms with Gasteiger partial charge in [0.05, 0.1) is 11.7 Å². The number of hydrogen-bond acceptors (Lipinski definition) is 4. The number of fused-ring (bicyclic) bond motifs is 1. The molecule has 122 valence electrons. The van der Waals surface area contributed by atoms with Crippen molar-refractivity contribution >= 4 is 22.9 Å². The number of hydrogen-bond donors (Lipinski definition) is 1. The van der Waals surface area contributed by atoms with E-state index < -0.39 is 6.61 Å². The Kier molecular flexibility index (Phi) is 4.65. The van der Waals surface area contributed by atoms with Crippen LogP contribution in [0.4, 0.5) is 14.6 Å². The van der Waals surface area contributed by atoms with Gasteiger partial charge in [0.25, 0.3) is 0 Å². The molecule has 1 aromatic heterocycles. The Balaban J connectivity index is 1.70. The lowest BCUT2D eigenvalue weighted by molar-refractivity contribution is -0.0498. The molecule has 0 amide bonds. The van der Waals surface area contributed by atoms with Crippen LogP contribution in [0, 0.1) is 6.92 Å². The molecule has 0 aliphatic rings. The van der Waals surface area contributed by atoms with E-state index in [0.29, 0.717) is 5.82 Å². The minimum atomic E-state index is -2.83. The third-order valence-electron chi connectivity index (χ3n) is 3.42. The quantitative estimate of drug-likeness (QED) is 0.551. The van der Waals surface area contributed by atoms with Crippen molar-refractivity contribution in [3.8, 4) is 5.75 Å². The van der Waals surface area contributed by atoms with Crippen molar-refractivity contribution in [2.24, 2.45) is 5.10 Å². The Morgan fingerprint density at radius 3 is 2.62 bits per heavy atom. The molecular weight excluding hydrogens is 312 g/mol. The molecule has 2 aromatic carbocycles. The first-order valence-electron chi connectivity index (χ1n) is 7.32. The summed E-state index contributed by atoms with van der Waals surface area (Å²) in [6, 6.07) is 16.0. The molecule has 0 unspecified atom stereocenters. The normalized spacial score (nSPS) is 11.3. The number of nitrogens with one attached hydrogen (secondary N) is 1. The average Bonchev–Trinajstić information content (AvgIpc) is 2.56. The summed E-state index contributed by atoms with van der Waals surface area (Å²) in [7, 11) is 0. The van der Waals surface area contributed by atoms with Gasteiger partial charge in [-0.05, 0) is 54.4 Å². The number of pyridine rings is 1. The number of hydrazone groups is 1.